The molecule has 1 aromatic rings. The SMILES string of the molecule is FC(F)(F)c1ccnc(N2CCC3(CCNCC3)C2)n1. The first-order valence-electron chi connectivity index (χ1n) is 6.85. The Hall–Kier alpha value is -1.37. The lowest BCUT2D eigenvalue weighted by Crippen LogP contribution is -2.39. The number of hydrogen-bond donors (Lipinski definition) is 1. The number of anilines is 1. The topological polar surface area (TPSA) is 41.1 Å². The fourth-order valence-electron chi connectivity index (χ4n) is 3.13. The van der Waals surface area contributed by atoms with Crippen molar-refractivity contribution in [2.45, 2.75) is 25.4 Å². The van der Waals surface area contributed by atoms with Gasteiger partial charge in [-0.15, -0.1) is 0 Å². The van der Waals surface area contributed by atoms with Gasteiger partial charge in [-0.2, -0.15) is 13.2 Å². The Labute approximate surface area is 115 Å². The molecule has 0 saturated carbocycles. The molecule has 110 valence electrons. The molecule has 0 bridgehead atoms. The van der Waals surface area contributed by atoms with Gasteiger partial charge in [0.25, 0.3) is 0 Å². The number of alkyl halides is 3. The van der Waals surface area contributed by atoms with Crippen LogP contribution in [-0.2, 0) is 6.18 Å². The van der Waals surface area contributed by atoms with Crippen LogP contribution in [0.4, 0.5) is 19.1 Å². The predicted molar refractivity (Wildman–Crippen MR) is 68.4 cm³/mol. The summed E-state index contributed by atoms with van der Waals surface area (Å²) in [5, 5.41) is 3.32. The van der Waals surface area contributed by atoms with Gasteiger partial charge in [0.15, 0.2) is 0 Å². The third kappa shape index (κ3) is 2.59. The predicted octanol–water partition coefficient (Wildman–Crippen LogP) is 2.08. The van der Waals surface area contributed by atoms with E-state index >= 15 is 0 Å². The highest BCUT2D eigenvalue weighted by Gasteiger charge is 2.40. The second-order valence-corrected chi connectivity index (χ2v) is 5.66. The molecule has 7 heteroatoms. The summed E-state index contributed by atoms with van der Waals surface area (Å²) in [5.41, 5.74) is -0.642. The Morgan fingerprint density at radius 1 is 1.20 bits per heavy atom. The Morgan fingerprint density at radius 3 is 2.65 bits per heavy atom. The van der Waals surface area contributed by atoms with Gasteiger partial charge < -0.3 is 10.2 Å². The van der Waals surface area contributed by atoms with Crippen molar-refractivity contribution in [3.05, 3.63) is 18.0 Å². The Balaban J connectivity index is 1.77. The van der Waals surface area contributed by atoms with Crippen molar-refractivity contribution in [2.75, 3.05) is 31.1 Å². The largest absolute Gasteiger partial charge is 0.433 e. The second kappa shape index (κ2) is 4.87. The summed E-state index contributed by atoms with van der Waals surface area (Å²) in [6.07, 6.45) is -0.0678. The second-order valence-electron chi connectivity index (χ2n) is 5.66. The average molecular weight is 286 g/mol. The molecule has 20 heavy (non-hydrogen) atoms. The van der Waals surface area contributed by atoms with E-state index in [0.29, 0.717) is 0 Å². The maximum absolute atomic E-state index is 12.7. The van der Waals surface area contributed by atoms with Crippen molar-refractivity contribution >= 4 is 5.95 Å². The molecule has 0 atom stereocenters. The van der Waals surface area contributed by atoms with E-state index in [9.17, 15) is 13.2 Å². The van der Waals surface area contributed by atoms with Gasteiger partial charge in [-0.3, -0.25) is 0 Å². The summed E-state index contributed by atoms with van der Waals surface area (Å²) in [5.74, 6) is 0.204. The molecule has 1 aromatic heterocycles. The van der Waals surface area contributed by atoms with Crippen LogP contribution in [0.2, 0.25) is 0 Å². The van der Waals surface area contributed by atoms with Crippen LogP contribution in [0.25, 0.3) is 0 Å². The van der Waals surface area contributed by atoms with Gasteiger partial charge in [0, 0.05) is 19.3 Å². The van der Waals surface area contributed by atoms with Crippen molar-refractivity contribution in [3.63, 3.8) is 0 Å². The summed E-state index contributed by atoms with van der Waals surface area (Å²) in [6.45, 7) is 3.46. The van der Waals surface area contributed by atoms with Crippen LogP contribution in [0.3, 0.4) is 0 Å². The summed E-state index contributed by atoms with van der Waals surface area (Å²) < 4.78 is 38.1. The Kier molecular flexibility index (Phi) is 3.32. The zero-order valence-corrected chi connectivity index (χ0v) is 11.1. The minimum atomic E-state index is -4.41. The highest BCUT2D eigenvalue weighted by Crippen LogP contribution is 2.39. The number of nitrogens with zero attached hydrogens (tertiary/aromatic N) is 3. The van der Waals surface area contributed by atoms with Gasteiger partial charge in [0.05, 0.1) is 0 Å². The third-order valence-electron chi connectivity index (χ3n) is 4.32. The molecule has 2 aliphatic heterocycles. The van der Waals surface area contributed by atoms with Gasteiger partial charge in [-0.25, -0.2) is 9.97 Å². The standard InChI is InChI=1S/C13H17F3N4/c14-13(15,16)10-1-5-18-11(19-10)20-8-4-12(9-20)2-6-17-7-3-12/h1,5,17H,2-4,6-9H2. The highest BCUT2D eigenvalue weighted by atomic mass is 19.4. The zero-order valence-electron chi connectivity index (χ0n) is 11.1. The molecule has 1 spiro atoms. The average Bonchev–Trinajstić information content (AvgIpc) is 2.83. The summed E-state index contributed by atoms with van der Waals surface area (Å²) in [4.78, 5) is 9.58. The molecule has 2 fully saturated rings. The maximum Gasteiger partial charge on any atom is 0.433 e. The van der Waals surface area contributed by atoms with Crippen molar-refractivity contribution < 1.29 is 13.2 Å². The molecular formula is C13H17F3N4. The van der Waals surface area contributed by atoms with Crippen LogP contribution in [-0.4, -0.2) is 36.1 Å². The van der Waals surface area contributed by atoms with Crippen molar-refractivity contribution in [3.8, 4) is 0 Å². The zero-order chi connectivity index (χ0) is 14.2. The molecule has 3 rings (SSSR count). The summed E-state index contributed by atoms with van der Waals surface area (Å²) in [6, 6.07) is 0.917. The first-order chi connectivity index (χ1) is 9.49. The first-order valence-corrected chi connectivity index (χ1v) is 6.85. The van der Waals surface area contributed by atoms with E-state index in [4.69, 9.17) is 0 Å². The lowest BCUT2D eigenvalue weighted by molar-refractivity contribution is -0.141. The van der Waals surface area contributed by atoms with Gasteiger partial charge >= 0.3 is 6.18 Å². The normalized spacial score (nSPS) is 22.4. The molecular weight excluding hydrogens is 269 g/mol. The van der Waals surface area contributed by atoms with Crippen molar-refractivity contribution in [1.82, 2.24) is 15.3 Å². The molecule has 0 aromatic carbocycles. The molecule has 2 aliphatic rings. The molecule has 1 N–H and O–H groups in total. The van der Waals surface area contributed by atoms with Gasteiger partial charge in [0.1, 0.15) is 5.69 Å². The maximum atomic E-state index is 12.7. The molecule has 4 nitrogen and oxygen atoms in total. The van der Waals surface area contributed by atoms with E-state index in [0.717, 1.165) is 51.5 Å². The lowest BCUT2D eigenvalue weighted by Gasteiger charge is -2.33. The fourth-order valence-corrected chi connectivity index (χ4v) is 3.13. The van der Waals surface area contributed by atoms with Crippen LogP contribution < -0.4 is 10.2 Å². The highest BCUT2D eigenvalue weighted by molar-refractivity contribution is 5.34. The molecule has 0 aliphatic carbocycles. The van der Waals surface area contributed by atoms with Crippen LogP contribution in [0.15, 0.2) is 12.3 Å². The van der Waals surface area contributed by atoms with E-state index in [1.54, 1.807) is 0 Å². The van der Waals surface area contributed by atoms with E-state index in [1.165, 1.54) is 6.20 Å². The smallest absolute Gasteiger partial charge is 0.340 e. The molecule has 0 amide bonds. The molecule has 3 heterocycles. The molecule has 0 unspecified atom stereocenters. The van der Waals surface area contributed by atoms with Gasteiger partial charge in [-0.05, 0) is 43.8 Å². The van der Waals surface area contributed by atoms with Crippen molar-refractivity contribution in [1.29, 1.82) is 0 Å². The third-order valence-corrected chi connectivity index (χ3v) is 4.32. The fraction of sp³-hybridized carbons (Fsp3) is 0.692. The summed E-state index contributed by atoms with van der Waals surface area (Å²) in [7, 11) is 0. The number of hydrogen-bond acceptors (Lipinski definition) is 4. The van der Waals surface area contributed by atoms with Crippen LogP contribution in [0.1, 0.15) is 25.0 Å². The number of piperidine rings is 1. The van der Waals surface area contributed by atoms with E-state index < -0.39 is 11.9 Å². The van der Waals surface area contributed by atoms with E-state index in [2.05, 4.69) is 15.3 Å². The van der Waals surface area contributed by atoms with Gasteiger partial charge in [0.2, 0.25) is 5.95 Å². The van der Waals surface area contributed by atoms with Gasteiger partial charge in [-0.1, -0.05) is 0 Å². The van der Waals surface area contributed by atoms with E-state index in [-0.39, 0.29) is 11.4 Å². The quantitative estimate of drug-likeness (QED) is 0.858. The van der Waals surface area contributed by atoms with E-state index in [1.807, 2.05) is 4.90 Å². The Bertz CT molecular complexity index is 483. The molecule has 0 radical (unpaired) electrons. The van der Waals surface area contributed by atoms with Crippen LogP contribution in [0, 0.1) is 5.41 Å². The number of nitrogens with one attached hydrogen (secondary N) is 1. The van der Waals surface area contributed by atoms with Crippen LogP contribution in [0.5, 0.6) is 0 Å². The lowest BCUT2D eigenvalue weighted by atomic mass is 9.78. The first kappa shape index (κ1) is 13.6. The number of rotatable bonds is 1. The van der Waals surface area contributed by atoms with Crippen LogP contribution >= 0.6 is 0 Å². The number of halogens is 3. The minimum absolute atomic E-state index is 0.204. The number of aromatic nitrogens is 2. The monoisotopic (exact) mass is 286 g/mol. The summed E-state index contributed by atoms with van der Waals surface area (Å²) >= 11 is 0. The van der Waals surface area contributed by atoms with Crippen molar-refractivity contribution in [2.24, 2.45) is 5.41 Å². The minimum Gasteiger partial charge on any atom is -0.340 e. The Morgan fingerprint density at radius 2 is 1.95 bits per heavy atom. The molecule has 2 saturated heterocycles.